The van der Waals surface area contributed by atoms with Gasteiger partial charge in [-0.2, -0.15) is 4.98 Å². The van der Waals surface area contributed by atoms with Crippen molar-refractivity contribution in [2.75, 3.05) is 37.7 Å². The van der Waals surface area contributed by atoms with E-state index in [2.05, 4.69) is 21.2 Å². The number of aromatic hydroxyl groups is 1. The predicted molar refractivity (Wildman–Crippen MR) is 156 cm³/mol. The summed E-state index contributed by atoms with van der Waals surface area (Å²) in [5, 5.41) is 16.3. The van der Waals surface area contributed by atoms with E-state index in [0.29, 0.717) is 53.9 Å². The lowest BCUT2D eigenvalue weighted by molar-refractivity contribution is 0.111. The number of phenolic OH excluding ortho intramolecular Hbond substituents is 1. The topological polar surface area (TPSA) is 65.8 Å². The molecule has 7 nitrogen and oxygen atoms in total. The Morgan fingerprint density at radius 2 is 1.95 bits per heavy atom. The van der Waals surface area contributed by atoms with Crippen LogP contribution in [0.2, 0.25) is 0 Å². The quantitative estimate of drug-likeness (QED) is 0.353. The van der Waals surface area contributed by atoms with Crippen molar-refractivity contribution in [3.05, 3.63) is 48.3 Å². The number of piperazine rings is 1. The number of ether oxygens (including phenoxy) is 1. The Morgan fingerprint density at radius 3 is 2.78 bits per heavy atom. The van der Waals surface area contributed by atoms with Gasteiger partial charge in [0.1, 0.15) is 30.2 Å². The summed E-state index contributed by atoms with van der Waals surface area (Å²) in [4.78, 5) is 9.70. The Kier molecular flexibility index (Phi) is 5.73. The molecule has 2 bridgehead atoms. The van der Waals surface area contributed by atoms with Gasteiger partial charge in [0.15, 0.2) is 0 Å². The van der Waals surface area contributed by atoms with Gasteiger partial charge in [0.25, 0.3) is 0 Å². The predicted octanol–water partition coefficient (Wildman–Crippen LogP) is 5.13. The number of nitrogens with one attached hydrogen (secondary N) is 1. The molecule has 2 aromatic heterocycles. The third-order valence-corrected chi connectivity index (χ3v) is 9.95. The molecule has 0 radical (unpaired) electrons. The molecule has 2 unspecified atom stereocenters. The molecule has 4 saturated heterocycles. The number of hydrogen-bond acceptors (Lipinski definition) is 6. The van der Waals surface area contributed by atoms with E-state index < -0.39 is 6.17 Å². The molecule has 4 aliphatic rings. The number of halogens is 2. The molecule has 4 aliphatic heterocycles. The summed E-state index contributed by atoms with van der Waals surface area (Å²) < 4.78 is 38.1. The van der Waals surface area contributed by atoms with Crippen molar-refractivity contribution in [1.82, 2.24) is 19.8 Å². The maximum absolute atomic E-state index is 15.2. The minimum absolute atomic E-state index is 0.0903. The number of anilines is 1. The molecule has 0 amide bonds. The van der Waals surface area contributed by atoms with Gasteiger partial charge in [-0.1, -0.05) is 12.1 Å². The second-order valence-corrected chi connectivity index (χ2v) is 12.5. The smallest absolute Gasteiger partial charge is 0.217 e. The number of fused-ring (bicyclic) bond motifs is 5. The van der Waals surface area contributed by atoms with Crippen LogP contribution < -0.4 is 15.0 Å². The van der Waals surface area contributed by atoms with Crippen molar-refractivity contribution in [3.8, 4) is 22.9 Å². The normalized spacial score (nSPS) is 27.8. The highest BCUT2D eigenvalue weighted by molar-refractivity contribution is 6.02. The molecule has 4 aromatic rings. The lowest BCUT2D eigenvalue weighted by Crippen LogP contribution is -2.51. The number of aromatic nitrogens is 2. The van der Waals surface area contributed by atoms with E-state index in [9.17, 15) is 9.50 Å². The molecule has 0 aliphatic carbocycles. The Bertz CT molecular complexity index is 1660. The van der Waals surface area contributed by atoms with E-state index in [4.69, 9.17) is 9.72 Å². The Balaban J connectivity index is 1.25. The molecule has 2 aromatic carbocycles. The van der Waals surface area contributed by atoms with Crippen molar-refractivity contribution in [2.24, 2.45) is 7.05 Å². The van der Waals surface area contributed by atoms with Crippen molar-refractivity contribution >= 4 is 27.5 Å². The first-order valence-electron chi connectivity index (χ1n) is 14.8. The lowest BCUT2D eigenvalue weighted by Gasteiger charge is -2.34. The summed E-state index contributed by atoms with van der Waals surface area (Å²) >= 11 is 0. The molecular formula is C32H35F2N5O2. The molecule has 8 rings (SSSR count). The standard InChI is InChI=1S/C32H35F2N5O2/c1-37-27(24-11-23(40)10-19-4-2-5-26(34)30(19)24)12-25-28(37)13-29(36-31(25)38-16-21-6-7-22(17-38)35-21)41-18-32-8-3-9-39(32)15-20(33)14-32/h2,4-5,10-13,20-22,35,40H,3,6-9,14-18H2,1H3/t20-,21?,22?,32+/m1/s1. The fourth-order valence-electron chi connectivity index (χ4n) is 8.05. The fourth-order valence-corrected chi connectivity index (χ4v) is 8.05. The summed E-state index contributed by atoms with van der Waals surface area (Å²) in [6, 6.07) is 13.0. The van der Waals surface area contributed by atoms with E-state index in [1.807, 2.05) is 23.7 Å². The number of benzene rings is 2. The van der Waals surface area contributed by atoms with Crippen molar-refractivity contribution < 1.29 is 18.6 Å². The molecular weight excluding hydrogens is 524 g/mol. The van der Waals surface area contributed by atoms with E-state index in [0.717, 1.165) is 67.7 Å². The Morgan fingerprint density at radius 1 is 1.12 bits per heavy atom. The molecule has 4 fully saturated rings. The first-order valence-corrected chi connectivity index (χ1v) is 14.8. The fraction of sp³-hybridized carbons (Fsp3) is 0.469. The Hall–Kier alpha value is -3.43. The van der Waals surface area contributed by atoms with Gasteiger partial charge in [-0.3, -0.25) is 4.90 Å². The van der Waals surface area contributed by atoms with Gasteiger partial charge in [0, 0.05) is 73.3 Å². The van der Waals surface area contributed by atoms with Gasteiger partial charge in [-0.05, 0) is 61.9 Å². The maximum Gasteiger partial charge on any atom is 0.217 e. The summed E-state index contributed by atoms with van der Waals surface area (Å²) in [6.07, 6.45) is 4.00. The number of aryl methyl sites for hydroxylation is 1. The average Bonchev–Trinajstić information content (AvgIpc) is 3.67. The highest BCUT2D eigenvalue weighted by Crippen LogP contribution is 2.43. The third-order valence-electron chi connectivity index (χ3n) is 9.95. The summed E-state index contributed by atoms with van der Waals surface area (Å²) in [6.45, 7) is 3.53. The van der Waals surface area contributed by atoms with Gasteiger partial charge in [0.05, 0.1) is 11.1 Å². The van der Waals surface area contributed by atoms with Crippen LogP contribution >= 0.6 is 0 Å². The zero-order chi connectivity index (χ0) is 27.9. The van der Waals surface area contributed by atoms with Gasteiger partial charge in [0.2, 0.25) is 5.88 Å². The van der Waals surface area contributed by atoms with Crippen LogP contribution in [-0.4, -0.2) is 76.1 Å². The zero-order valence-corrected chi connectivity index (χ0v) is 23.2. The molecule has 0 saturated carbocycles. The second kappa shape index (κ2) is 9.29. The number of phenols is 1. The summed E-state index contributed by atoms with van der Waals surface area (Å²) in [5.74, 6) is 1.15. The SMILES string of the molecule is Cn1c(-c2cc(O)cc3cccc(F)c23)cc2c(N3CC4CCC(C3)N4)nc(OC[C@@]34CCCN3C[C@H](F)C4)cc21. The number of rotatable bonds is 5. The Labute approximate surface area is 237 Å². The monoisotopic (exact) mass is 559 g/mol. The highest BCUT2D eigenvalue weighted by Gasteiger charge is 2.49. The first-order chi connectivity index (χ1) is 19.9. The molecule has 6 heterocycles. The highest BCUT2D eigenvalue weighted by atomic mass is 19.1. The van der Waals surface area contributed by atoms with Crippen LogP contribution in [0.1, 0.15) is 32.1 Å². The van der Waals surface area contributed by atoms with Gasteiger partial charge >= 0.3 is 0 Å². The minimum atomic E-state index is -0.811. The first kappa shape index (κ1) is 25.3. The molecule has 214 valence electrons. The minimum Gasteiger partial charge on any atom is -0.508 e. The van der Waals surface area contributed by atoms with Gasteiger partial charge in [-0.25, -0.2) is 8.78 Å². The van der Waals surface area contributed by atoms with Crippen LogP contribution in [0.4, 0.5) is 14.6 Å². The maximum atomic E-state index is 15.2. The largest absolute Gasteiger partial charge is 0.508 e. The molecule has 2 N–H and O–H groups in total. The van der Waals surface area contributed by atoms with E-state index in [1.54, 1.807) is 18.2 Å². The molecule has 4 atom stereocenters. The van der Waals surface area contributed by atoms with E-state index in [1.165, 1.54) is 6.07 Å². The van der Waals surface area contributed by atoms with Crippen LogP contribution in [0.5, 0.6) is 11.6 Å². The van der Waals surface area contributed by atoms with Crippen LogP contribution in [0.3, 0.4) is 0 Å². The average molecular weight is 560 g/mol. The van der Waals surface area contributed by atoms with Crippen molar-refractivity contribution in [2.45, 2.75) is 55.9 Å². The molecule has 9 heteroatoms. The third kappa shape index (κ3) is 4.07. The number of hydrogen-bond donors (Lipinski definition) is 2. The lowest BCUT2D eigenvalue weighted by atomic mass is 9.95. The number of pyridine rings is 1. The van der Waals surface area contributed by atoms with Gasteiger partial charge < -0.3 is 24.6 Å². The van der Waals surface area contributed by atoms with E-state index >= 15 is 4.39 Å². The molecule has 41 heavy (non-hydrogen) atoms. The van der Waals surface area contributed by atoms with Crippen molar-refractivity contribution in [3.63, 3.8) is 0 Å². The second-order valence-electron chi connectivity index (χ2n) is 12.5. The summed E-state index contributed by atoms with van der Waals surface area (Å²) in [5.41, 5.74) is 2.09. The van der Waals surface area contributed by atoms with Crippen LogP contribution in [0, 0.1) is 5.82 Å². The number of alkyl halides is 1. The number of nitrogens with zero attached hydrogens (tertiary/aromatic N) is 4. The van der Waals surface area contributed by atoms with Crippen molar-refractivity contribution in [1.29, 1.82) is 0 Å². The summed E-state index contributed by atoms with van der Waals surface area (Å²) in [7, 11) is 1.96. The van der Waals surface area contributed by atoms with Gasteiger partial charge in [-0.15, -0.1) is 0 Å². The van der Waals surface area contributed by atoms with Crippen LogP contribution in [0.15, 0.2) is 42.5 Å². The molecule has 0 spiro atoms. The van der Waals surface area contributed by atoms with E-state index in [-0.39, 0.29) is 17.1 Å². The zero-order valence-electron chi connectivity index (χ0n) is 23.2. The van der Waals surface area contributed by atoms with Crippen LogP contribution in [0.25, 0.3) is 32.9 Å². The van der Waals surface area contributed by atoms with Crippen LogP contribution in [-0.2, 0) is 7.05 Å².